The van der Waals surface area contributed by atoms with Gasteiger partial charge in [-0.25, -0.2) is 4.79 Å². The normalized spacial score (nSPS) is 24.9. The Morgan fingerprint density at radius 2 is 2.27 bits per heavy atom. The fourth-order valence-corrected chi connectivity index (χ4v) is 1.62. The van der Waals surface area contributed by atoms with Crippen molar-refractivity contribution in [3.63, 3.8) is 0 Å². The van der Waals surface area contributed by atoms with E-state index in [-0.39, 0.29) is 18.4 Å². The van der Waals surface area contributed by atoms with Crippen molar-refractivity contribution in [3.8, 4) is 0 Å². The van der Waals surface area contributed by atoms with E-state index in [1.54, 1.807) is 0 Å². The Kier molecular flexibility index (Phi) is 4.36. The van der Waals surface area contributed by atoms with Gasteiger partial charge in [0.15, 0.2) is 0 Å². The predicted molar refractivity (Wildman–Crippen MR) is 54.1 cm³/mol. The Labute approximate surface area is 88.5 Å². The highest BCUT2D eigenvalue weighted by atomic mass is 16.5. The monoisotopic (exact) mass is 215 g/mol. The van der Waals surface area contributed by atoms with E-state index < -0.39 is 6.09 Å². The van der Waals surface area contributed by atoms with Gasteiger partial charge in [-0.15, -0.1) is 0 Å². The number of hydrogen-bond acceptors (Lipinski definition) is 4. The molecule has 6 heteroatoms. The van der Waals surface area contributed by atoms with E-state index in [0.717, 1.165) is 6.54 Å². The lowest BCUT2D eigenvalue weighted by Gasteiger charge is -2.13. The molecular weight excluding hydrogens is 198 g/mol. The molecular formula is C9H17N3O3. The van der Waals surface area contributed by atoms with Gasteiger partial charge in [0.05, 0.1) is 12.5 Å². The number of amides is 2. The van der Waals surface area contributed by atoms with Crippen molar-refractivity contribution in [1.29, 1.82) is 0 Å². The standard InChI is InChI=1S/C9H17N3O3/c1-6-4-11-5-7(6)8(13)12-2-3-15-9(10)14/h6-7,11H,2-5H2,1H3,(H2,10,14)(H,12,13). The summed E-state index contributed by atoms with van der Waals surface area (Å²) in [6.07, 6.45) is -0.819. The molecule has 1 saturated heterocycles. The van der Waals surface area contributed by atoms with Gasteiger partial charge in [0.1, 0.15) is 6.61 Å². The Morgan fingerprint density at radius 3 is 2.80 bits per heavy atom. The van der Waals surface area contributed by atoms with Crippen molar-refractivity contribution in [2.24, 2.45) is 17.6 Å². The number of rotatable bonds is 4. The maximum absolute atomic E-state index is 11.6. The van der Waals surface area contributed by atoms with Gasteiger partial charge in [-0.1, -0.05) is 6.92 Å². The first-order valence-corrected chi connectivity index (χ1v) is 5.02. The topological polar surface area (TPSA) is 93.4 Å². The molecule has 86 valence electrons. The van der Waals surface area contributed by atoms with E-state index in [1.165, 1.54) is 0 Å². The van der Waals surface area contributed by atoms with E-state index in [1.807, 2.05) is 6.92 Å². The minimum atomic E-state index is -0.819. The molecule has 0 aromatic heterocycles. The van der Waals surface area contributed by atoms with Crippen LogP contribution in [0.5, 0.6) is 0 Å². The molecule has 0 saturated carbocycles. The lowest BCUT2D eigenvalue weighted by Crippen LogP contribution is -2.36. The highest BCUT2D eigenvalue weighted by Gasteiger charge is 2.28. The summed E-state index contributed by atoms with van der Waals surface area (Å²) < 4.78 is 4.49. The van der Waals surface area contributed by atoms with Crippen LogP contribution >= 0.6 is 0 Å². The summed E-state index contributed by atoms with van der Waals surface area (Å²) in [5.74, 6) is 0.362. The van der Waals surface area contributed by atoms with Crippen LogP contribution in [0, 0.1) is 11.8 Å². The van der Waals surface area contributed by atoms with Gasteiger partial charge >= 0.3 is 6.09 Å². The second-order valence-corrected chi connectivity index (χ2v) is 3.70. The van der Waals surface area contributed by atoms with Gasteiger partial charge in [-0.05, 0) is 12.5 Å². The minimum Gasteiger partial charge on any atom is -0.448 e. The Bertz CT molecular complexity index is 245. The summed E-state index contributed by atoms with van der Waals surface area (Å²) in [6, 6.07) is 0. The van der Waals surface area contributed by atoms with Crippen LogP contribution in [-0.2, 0) is 9.53 Å². The molecule has 0 spiro atoms. The SMILES string of the molecule is CC1CNCC1C(=O)NCCOC(N)=O. The molecule has 1 aliphatic heterocycles. The molecule has 2 atom stereocenters. The zero-order valence-electron chi connectivity index (χ0n) is 8.79. The highest BCUT2D eigenvalue weighted by molar-refractivity contribution is 5.79. The molecule has 1 rings (SSSR count). The summed E-state index contributed by atoms with van der Waals surface area (Å²) in [7, 11) is 0. The summed E-state index contributed by atoms with van der Waals surface area (Å²) in [5.41, 5.74) is 4.77. The number of primary amides is 1. The zero-order valence-corrected chi connectivity index (χ0v) is 8.79. The molecule has 6 nitrogen and oxygen atoms in total. The molecule has 0 aromatic rings. The van der Waals surface area contributed by atoms with Gasteiger partial charge in [0, 0.05) is 6.54 Å². The van der Waals surface area contributed by atoms with Gasteiger partial charge in [0.2, 0.25) is 5.91 Å². The number of nitrogens with two attached hydrogens (primary N) is 1. The molecule has 2 unspecified atom stereocenters. The van der Waals surface area contributed by atoms with Crippen molar-refractivity contribution in [2.75, 3.05) is 26.2 Å². The summed E-state index contributed by atoms with van der Waals surface area (Å²) >= 11 is 0. The number of carbonyl (C=O) groups is 2. The molecule has 0 radical (unpaired) electrons. The molecule has 0 aromatic carbocycles. The molecule has 0 bridgehead atoms. The van der Waals surface area contributed by atoms with Gasteiger partial charge in [-0.2, -0.15) is 0 Å². The third kappa shape index (κ3) is 3.75. The van der Waals surface area contributed by atoms with E-state index in [2.05, 4.69) is 15.4 Å². The zero-order chi connectivity index (χ0) is 11.3. The predicted octanol–water partition coefficient (Wildman–Crippen LogP) is -0.947. The van der Waals surface area contributed by atoms with E-state index in [0.29, 0.717) is 19.0 Å². The first-order valence-electron chi connectivity index (χ1n) is 5.02. The third-order valence-electron chi connectivity index (χ3n) is 2.50. The largest absolute Gasteiger partial charge is 0.448 e. The highest BCUT2D eigenvalue weighted by Crippen LogP contribution is 2.15. The van der Waals surface area contributed by atoms with Crippen LogP contribution in [0.3, 0.4) is 0 Å². The van der Waals surface area contributed by atoms with E-state index in [4.69, 9.17) is 5.73 Å². The maximum Gasteiger partial charge on any atom is 0.404 e. The molecule has 1 heterocycles. The van der Waals surface area contributed by atoms with Crippen LogP contribution in [-0.4, -0.2) is 38.2 Å². The van der Waals surface area contributed by atoms with Gasteiger partial charge < -0.3 is 21.1 Å². The van der Waals surface area contributed by atoms with Crippen LogP contribution in [0.2, 0.25) is 0 Å². The molecule has 4 N–H and O–H groups in total. The minimum absolute atomic E-state index is 0.000528. The van der Waals surface area contributed by atoms with Crippen LogP contribution in [0.25, 0.3) is 0 Å². The maximum atomic E-state index is 11.6. The average molecular weight is 215 g/mol. The summed E-state index contributed by atoms with van der Waals surface area (Å²) in [5, 5.41) is 5.84. The average Bonchev–Trinajstić information content (AvgIpc) is 2.58. The molecule has 1 aliphatic rings. The van der Waals surface area contributed by atoms with Crippen molar-refractivity contribution in [3.05, 3.63) is 0 Å². The summed E-state index contributed by atoms with van der Waals surface area (Å²) in [6.45, 7) is 4.05. The third-order valence-corrected chi connectivity index (χ3v) is 2.50. The van der Waals surface area contributed by atoms with E-state index in [9.17, 15) is 9.59 Å². The smallest absolute Gasteiger partial charge is 0.404 e. The fraction of sp³-hybridized carbons (Fsp3) is 0.778. The molecule has 0 aliphatic carbocycles. The van der Waals surface area contributed by atoms with Crippen molar-refractivity contribution in [1.82, 2.24) is 10.6 Å². The number of ether oxygens (including phenoxy) is 1. The van der Waals surface area contributed by atoms with Crippen molar-refractivity contribution >= 4 is 12.0 Å². The number of carbonyl (C=O) groups excluding carboxylic acids is 2. The first kappa shape index (κ1) is 11.8. The molecule has 1 fully saturated rings. The van der Waals surface area contributed by atoms with Crippen LogP contribution in [0.1, 0.15) is 6.92 Å². The molecule has 2 amide bonds. The van der Waals surface area contributed by atoms with Gasteiger partial charge in [0.25, 0.3) is 0 Å². The van der Waals surface area contributed by atoms with Crippen LogP contribution in [0.4, 0.5) is 4.79 Å². The Balaban J connectivity index is 2.15. The van der Waals surface area contributed by atoms with Crippen LogP contribution < -0.4 is 16.4 Å². The van der Waals surface area contributed by atoms with Gasteiger partial charge in [-0.3, -0.25) is 4.79 Å². The van der Waals surface area contributed by atoms with E-state index >= 15 is 0 Å². The molecule has 15 heavy (non-hydrogen) atoms. The van der Waals surface area contributed by atoms with Crippen molar-refractivity contribution in [2.45, 2.75) is 6.92 Å². The quantitative estimate of drug-likeness (QED) is 0.527. The first-order chi connectivity index (χ1) is 7.11. The number of nitrogens with one attached hydrogen (secondary N) is 2. The second-order valence-electron chi connectivity index (χ2n) is 3.70. The Morgan fingerprint density at radius 1 is 1.53 bits per heavy atom. The summed E-state index contributed by atoms with van der Waals surface area (Å²) in [4.78, 5) is 21.8. The fourth-order valence-electron chi connectivity index (χ4n) is 1.62. The second kappa shape index (κ2) is 5.55. The lowest BCUT2D eigenvalue weighted by atomic mass is 9.97. The van der Waals surface area contributed by atoms with Crippen LogP contribution in [0.15, 0.2) is 0 Å². The van der Waals surface area contributed by atoms with Crippen molar-refractivity contribution < 1.29 is 14.3 Å². The Hall–Kier alpha value is -1.30. The number of hydrogen-bond donors (Lipinski definition) is 3. The lowest BCUT2D eigenvalue weighted by molar-refractivity contribution is -0.125.